The molecule has 2 N–H and O–H groups in total. The highest BCUT2D eigenvalue weighted by Gasteiger charge is 2.01. The van der Waals surface area contributed by atoms with Crippen LogP contribution < -0.4 is 5.73 Å². The van der Waals surface area contributed by atoms with Gasteiger partial charge in [-0.25, -0.2) is 4.99 Å². The van der Waals surface area contributed by atoms with Crippen molar-refractivity contribution in [2.24, 2.45) is 10.7 Å². The Morgan fingerprint density at radius 2 is 1.57 bits per heavy atom. The molecule has 2 aromatic carbocycles. The summed E-state index contributed by atoms with van der Waals surface area (Å²) in [4.78, 5) is 4.45. The van der Waals surface area contributed by atoms with E-state index in [4.69, 9.17) is 10.2 Å². The number of amidine groups is 1. The van der Waals surface area contributed by atoms with Crippen molar-refractivity contribution in [3.63, 3.8) is 0 Å². The van der Waals surface area contributed by atoms with E-state index in [1.807, 2.05) is 67.6 Å². The van der Waals surface area contributed by atoms with Crippen molar-refractivity contribution in [3.05, 3.63) is 78.1 Å². The van der Waals surface area contributed by atoms with Crippen LogP contribution in [-0.4, -0.2) is 5.84 Å². The first kappa shape index (κ1) is 18.8. The van der Waals surface area contributed by atoms with Gasteiger partial charge in [-0.3, -0.25) is 0 Å². The van der Waals surface area contributed by atoms with Crippen molar-refractivity contribution < 1.29 is 4.42 Å². The summed E-state index contributed by atoms with van der Waals surface area (Å²) in [7, 11) is 0. The molecule has 0 aliphatic heterocycles. The number of hydrogen-bond donors (Lipinski definition) is 1. The molecule has 0 radical (unpaired) electrons. The van der Waals surface area contributed by atoms with Gasteiger partial charge in [0, 0.05) is 11.1 Å². The molecule has 1 aromatic heterocycles. The smallest absolute Gasteiger partial charge is 0.133 e. The number of furan rings is 1. The average Bonchev–Trinajstić information content (AvgIpc) is 3.03. The number of nitrogens with two attached hydrogens (primary N) is 1. The Hall–Kier alpha value is -2.23. The SMILES string of the molecule is Cc1ccc(C(N)=Nc2ccc(-c3ccco3)cc2)cc1.Cl.Cl. The van der Waals surface area contributed by atoms with E-state index in [-0.39, 0.29) is 24.8 Å². The first-order valence-corrected chi connectivity index (χ1v) is 6.77. The second-order valence-electron chi connectivity index (χ2n) is 4.89. The van der Waals surface area contributed by atoms with Gasteiger partial charge >= 0.3 is 0 Å². The van der Waals surface area contributed by atoms with Gasteiger partial charge < -0.3 is 10.2 Å². The minimum atomic E-state index is 0. The molecule has 0 bridgehead atoms. The summed E-state index contributed by atoms with van der Waals surface area (Å²) < 4.78 is 5.36. The van der Waals surface area contributed by atoms with Crippen molar-refractivity contribution >= 4 is 36.3 Å². The second-order valence-corrected chi connectivity index (χ2v) is 4.89. The first-order chi connectivity index (χ1) is 10.2. The normalized spacial score (nSPS) is 10.6. The van der Waals surface area contributed by atoms with Gasteiger partial charge in [-0.15, -0.1) is 24.8 Å². The molecule has 0 saturated heterocycles. The van der Waals surface area contributed by atoms with Crippen molar-refractivity contribution in [3.8, 4) is 11.3 Å². The zero-order valence-corrected chi connectivity index (χ0v) is 14.2. The molecule has 0 amide bonds. The zero-order valence-electron chi connectivity index (χ0n) is 12.6. The Balaban J connectivity index is 0.00000132. The Morgan fingerprint density at radius 1 is 0.913 bits per heavy atom. The van der Waals surface area contributed by atoms with Crippen LogP contribution in [0.5, 0.6) is 0 Å². The van der Waals surface area contributed by atoms with Crippen molar-refractivity contribution in [1.82, 2.24) is 0 Å². The van der Waals surface area contributed by atoms with Gasteiger partial charge in [0.15, 0.2) is 0 Å². The molecule has 0 fully saturated rings. The third-order valence-electron chi connectivity index (χ3n) is 3.27. The predicted octanol–water partition coefficient (Wildman–Crippen LogP) is 5.14. The third kappa shape index (κ3) is 4.62. The zero-order chi connectivity index (χ0) is 14.7. The van der Waals surface area contributed by atoms with Gasteiger partial charge in [-0.05, 0) is 43.3 Å². The van der Waals surface area contributed by atoms with E-state index >= 15 is 0 Å². The molecular formula is C18H18Cl2N2O. The quantitative estimate of drug-likeness (QED) is 0.526. The molecule has 3 aromatic rings. The van der Waals surface area contributed by atoms with Gasteiger partial charge in [0.1, 0.15) is 11.6 Å². The molecule has 3 rings (SSSR count). The van der Waals surface area contributed by atoms with Gasteiger partial charge in [-0.2, -0.15) is 0 Å². The van der Waals surface area contributed by atoms with Crippen LogP contribution in [0.3, 0.4) is 0 Å². The third-order valence-corrected chi connectivity index (χ3v) is 3.27. The molecule has 0 aliphatic carbocycles. The van der Waals surface area contributed by atoms with Crippen LogP contribution in [-0.2, 0) is 0 Å². The topological polar surface area (TPSA) is 51.5 Å². The minimum Gasteiger partial charge on any atom is -0.464 e. The average molecular weight is 349 g/mol. The fourth-order valence-corrected chi connectivity index (χ4v) is 2.07. The lowest BCUT2D eigenvalue weighted by molar-refractivity contribution is 0.582. The van der Waals surface area contributed by atoms with Crippen molar-refractivity contribution in [2.45, 2.75) is 6.92 Å². The molecule has 0 saturated carbocycles. The summed E-state index contributed by atoms with van der Waals surface area (Å²) in [5.74, 6) is 1.36. The molecule has 0 spiro atoms. The van der Waals surface area contributed by atoms with Crippen molar-refractivity contribution in [1.29, 1.82) is 0 Å². The van der Waals surface area contributed by atoms with Gasteiger partial charge in [0.25, 0.3) is 0 Å². The fourth-order valence-electron chi connectivity index (χ4n) is 2.07. The van der Waals surface area contributed by atoms with E-state index in [9.17, 15) is 0 Å². The van der Waals surface area contributed by atoms with Crippen LogP contribution in [0.15, 0.2) is 76.3 Å². The molecular weight excluding hydrogens is 331 g/mol. The monoisotopic (exact) mass is 348 g/mol. The molecule has 0 aliphatic rings. The summed E-state index contributed by atoms with van der Waals surface area (Å²) >= 11 is 0. The van der Waals surface area contributed by atoms with E-state index < -0.39 is 0 Å². The molecule has 5 heteroatoms. The van der Waals surface area contributed by atoms with E-state index in [1.165, 1.54) is 5.56 Å². The number of benzene rings is 2. The van der Waals surface area contributed by atoms with Gasteiger partial charge in [0.2, 0.25) is 0 Å². The van der Waals surface area contributed by atoms with Crippen LogP contribution >= 0.6 is 24.8 Å². The Kier molecular flexibility index (Phi) is 6.89. The van der Waals surface area contributed by atoms with Crippen LogP contribution in [0.1, 0.15) is 11.1 Å². The van der Waals surface area contributed by atoms with E-state index in [0.717, 1.165) is 22.6 Å². The van der Waals surface area contributed by atoms with E-state index in [0.29, 0.717) is 5.84 Å². The number of halogens is 2. The molecule has 1 heterocycles. The highest BCUT2D eigenvalue weighted by molar-refractivity contribution is 5.99. The number of rotatable bonds is 3. The van der Waals surface area contributed by atoms with Crippen LogP contribution in [0.2, 0.25) is 0 Å². The molecule has 0 atom stereocenters. The predicted molar refractivity (Wildman–Crippen MR) is 100 cm³/mol. The Morgan fingerprint density at radius 3 is 2.13 bits per heavy atom. The van der Waals surface area contributed by atoms with Crippen molar-refractivity contribution in [2.75, 3.05) is 0 Å². The summed E-state index contributed by atoms with van der Waals surface area (Å²) in [6, 6.07) is 19.6. The maximum absolute atomic E-state index is 6.04. The lowest BCUT2D eigenvalue weighted by Gasteiger charge is -2.03. The van der Waals surface area contributed by atoms with E-state index in [2.05, 4.69) is 4.99 Å². The van der Waals surface area contributed by atoms with Crippen LogP contribution in [0.4, 0.5) is 5.69 Å². The highest BCUT2D eigenvalue weighted by Crippen LogP contribution is 2.23. The summed E-state index contributed by atoms with van der Waals surface area (Å²) in [5, 5.41) is 0. The van der Waals surface area contributed by atoms with Crippen LogP contribution in [0, 0.1) is 6.92 Å². The largest absolute Gasteiger partial charge is 0.464 e. The Labute approximate surface area is 148 Å². The van der Waals surface area contributed by atoms with Gasteiger partial charge in [0.05, 0.1) is 12.0 Å². The van der Waals surface area contributed by atoms with E-state index in [1.54, 1.807) is 6.26 Å². The maximum atomic E-state index is 6.04. The first-order valence-electron chi connectivity index (χ1n) is 6.77. The Bertz CT molecular complexity index is 749. The molecule has 23 heavy (non-hydrogen) atoms. The number of aryl methyl sites for hydroxylation is 1. The summed E-state index contributed by atoms with van der Waals surface area (Å²) in [6.07, 6.45) is 1.66. The lowest BCUT2D eigenvalue weighted by Crippen LogP contribution is -2.12. The maximum Gasteiger partial charge on any atom is 0.133 e. The minimum absolute atomic E-state index is 0. The molecule has 0 unspecified atom stereocenters. The standard InChI is InChI=1S/C18H16N2O.2ClH/c1-13-4-6-15(7-5-13)18(19)20-16-10-8-14(9-11-16)17-3-2-12-21-17;;/h2-12H,1H3,(H2,19,20);2*1H. The molecule has 120 valence electrons. The summed E-state index contributed by atoms with van der Waals surface area (Å²) in [6.45, 7) is 2.05. The lowest BCUT2D eigenvalue weighted by atomic mass is 10.1. The number of nitrogens with zero attached hydrogens (tertiary/aromatic N) is 1. The summed E-state index contributed by atoms with van der Waals surface area (Å²) in [5.41, 5.74) is 10.0. The fraction of sp³-hybridized carbons (Fsp3) is 0.0556. The highest BCUT2D eigenvalue weighted by atomic mass is 35.5. The molecule has 3 nitrogen and oxygen atoms in total. The van der Waals surface area contributed by atoms with Gasteiger partial charge in [-0.1, -0.05) is 29.8 Å². The number of hydrogen-bond acceptors (Lipinski definition) is 2. The van der Waals surface area contributed by atoms with Crippen LogP contribution in [0.25, 0.3) is 11.3 Å². The number of aliphatic imine (C=N–C) groups is 1. The second kappa shape index (κ2) is 8.42.